The minimum absolute atomic E-state index is 0.506. The average molecular weight is 193 g/mol. The van der Waals surface area contributed by atoms with Crippen LogP contribution in [0.5, 0.6) is 0 Å². The van der Waals surface area contributed by atoms with Crippen LogP contribution in [0.2, 0.25) is 0 Å². The molecule has 0 amide bonds. The van der Waals surface area contributed by atoms with Crippen molar-refractivity contribution in [3.05, 3.63) is 11.7 Å². The van der Waals surface area contributed by atoms with Crippen LogP contribution in [-0.2, 0) is 4.74 Å². The first-order valence-corrected chi connectivity index (χ1v) is 4.80. The summed E-state index contributed by atoms with van der Waals surface area (Å²) in [6.07, 6.45) is 2.94. The molecule has 1 aliphatic rings. The van der Waals surface area contributed by atoms with Gasteiger partial charge in [-0.2, -0.15) is 0 Å². The van der Waals surface area contributed by atoms with E-state index in [1.807, 2.05) is 0 Å². The maximum absolute atomic E-state index is 5.45. The molecule has 0 saturated carbocycles. The maximum Gasteiger partial charge on any atom is 0.117 e. The Balaban J connectivity index is 2.10. The van der Waals surface area contributed by atoms with E-state index in [0.29, 0.717) is 5.47 Å². The Morgan fingerprint density at radius 2 is 2.21 bits per heavy atom. The van der Waals surface area contributed by atoms with Crippen molar-refractivity contribution in [1.29, 1.82) is 0 Å². The van der Waals surface area contributed by atoms with Crippen LogP contribution in [0, 0.1) is 0 Å². The van der Waals surface area contributed by atoms with Gasteiger partial charge in [0, 0.05) is 25.8 Å². The fourth-order valence-corrected chi connectivity index (χ4v) is 1.24. The van der Waals surface area contributed by atoms with E-state index in [1.165, 1.54) is 6.20 Å². The Bertz CT molecular complexity index is 212. The second kappa shape index (κ2) is 6.62. The normalized spacial score (nSPS) is 20.4. The van der Waals surface area contributed by atoms with Gasteiger partial charge in [-0.1, -0.05) is 5.47 Å². The molecule has 2 radical (unpaired) electrons. The Hall–Kier alpha value is -0.805. The van der Waals surface area contributed by atoms with E-state index in [9.17, 15) is 0 Å². The predicted octanol–water partition coefficient (Wildman–Crippen LogP) is -0.642. The summed E-state index contributed by atoms with van der Waals surface area (Å²) in [5.41, 5.74) is 5.70. The molecule has 1 saturated heterocycles. The van der Waals surface area contributed by atoms with Gasteiger partial charge >= 0.3 is 0 Å². The van der Waals surface area contributed by atoms with Gasteiger partial charge in [0.05, 0.1) is 19.8 Å². The van der Waals surface area contributed by atoms with Crippen LogP contribution in [0.4, 0.5) is 0 Å². The smallest absolute Gasteiger partial charge is 0.117 e. The number of allylic oxidation sites excluding steroid dienone is 1. The van der Waals surface area contributed by atoms with Crippen molar-refractivity contribution >= 4 is 14.1 Å². The summed E-state index contributed by atoms with van der Waals surface area (Å²) in [6, 6.07) is 0. The summed E-state index contributed by atoms with van der Waals surface area (Å²) >= 11 is 0. The van der Waals surface area contributed by atoms with Gasteiger partial charge in [0.25, 0.3) is 0 Å². The number of aliphatic imine (C=N–C) groups is 1. The van der Waals surface area contributed by atoms with E-state index < -0.39 is 0 Å². The van der Waals surface area contributed by atoms with Gasteiger partial charge < -0.3 is 10.5 Å². The summed E-state index contributed by atoms with van der Waals surface area (Å²) in [7, 11) is 5.45. The third-order valence-electron chi connectivity index (χ3n) is 2.08. The van der Waals surface area contributed by atoms with Crippen molar-refractivity contribution < 1.29 is 4.74 Å². The standard InChI is InChI=1S/C9H16BN3O/c10-9(7-11)8-12-1-2-13-3-5-14-6-4-13/h7-8H,1-6,11H2/b9-7+,12-8?. The van der Waals surface area contributed by atoms with Crippen LogP contribution in [0.25, 0.3) is 0 Å². The lowest BCUT2D eigenvalue weighted by atomic mass is 9.99. The molecule has 0 aromatic heterocycles. The molecular formula is C9H16BN3O. The first kappa shape index (κ1) is 11.3. The highest BCUT2D eigenvalue weighted by Gasteiger charge is 2.08. The molecule has 1 fully saturated rings. The molecule has 0 aliphatic carbocycles. The lowest BCUT2D eigenvalue weighted by Crippen LogP contribution is -2.37. The van der Waals surface area contributed by atoms with E-state index in [4.69, 9.17) is 18.3 Å². The lowest BCUT2D eigenvalue weighted by molar-refractivity contribution is 0.0395. The summed E-state index contributed by atoms with van der Waals surface area (Å²) in [6.45, 7) is 5.37. The molecule has 14 heavy (non-hydrogen) atoms. The van der Waals surface area contributed by atoms with Crippen molar-refractivity contribution in [3.63, 3.8) is 0 Å². The van der Waals surface area contributed by atoms with Crippen molar-refractivity contribution in [3.8, 4) is 0 Å². The summed E-state index contributed by atoms with van der Waals surface area (Å²) in [4.78, 5) is 6.48. The van der Waals surface area contributed by atoms with Crippen LogP contribution in [0.15, 0.2) is 16.7 Å². The first-order valence-electron chi connectivity index (χ1n) is 4.80. The fourth-order valence-electron chi connectivity index (χ4n) is 1.24. The van der Waals surface area contributed by atoms with Gasteiger partial charge in [0.2, 0.25) is 0 Å². The van der Waals surface area contributed by atoms with Gasteiger partial charge in [-0.15, -0.1) is 0 Å². The molecule has 0 aromatic carbocycles. The molecular weight excluding hydrogens is 177 g/mol. The van der Waals surface area contributed by atoms with E-state index in [2.05, 4.69) is 9.89 Å². The Morgan fingerprint density at radius 1 is 1.50 bits per heavy atom. The van der Waals surface area contributed by atoms with Crippen molar-refractivity contribution in [1.82, 2.24) is 4.90 Å². The van der Waals surface area contributed by atoms with Gasteiger partial charge in [-0.3, -0.25) is 9.89 Å². The van der Waals surface area contributed by atoms with Crippen LogP contribution >= 0.6 is 0 Å². The zero-order chi connectivity index (χ0) is 10.2. The topological polar surface area (TPSA) is 50.8 Å². The van der Waals surface area contributed by atoms with Gasteiger partial charge in [-0.05, 0) is 6.20 Å². The molecule has 0 bridgehead atoms. The number of rotatable bonds is 4. The monoisotopic (exact) mass is 193 g/mol. The van der Waals surface area contributed by atoms with Gasteiger partial charge in [0.1, 0.15) is 7.85 Å². The Morgan fingerprint density at radius 3 is 2.86 bits per heavy atom. The molecule has 5 heteroatoms. The van der Waals surface area contributed by atoms with Gasteiger partial charge in [-0.25, -0.2) is 0 Å². The molecule has 0 atom stereocenters. The molecule has 1 rings (SSSR count). The summed E-state index contributed by atoms with van der Waals surface area (Å²) < 4.78 is 5.24. The zero-order valence-electron chi connectivity index (χ0n) is 8.35. The molecule has 1 aliphatic heterocycles. The fraction of sp³-hybridized carbons (Fsp3) is 0.667. The molecule has 4 nitrogen and oxygen atoms in total. The maximum atomic E-state index is 5.45. The van der Waals surface area contributed by atoms with Crippen LogP contribution < -0.4 is 5.73 Å². The van der Waals surface area contributed by atoms with Crippen LogP contribution in [-0.4, -0.2) is 58.4 Å². The zero-order valence-corrected chi connectivity index (χ0v) is 8.35. The van der Waals surface area contributed by atoms with Crippen molar-refractivity contribution in [2.45, 2.75) is 0 Å². The molecule has 1 heterocycles. The van der Waals surface area contributed by atoms with E-state index in [-0.39, 0.29) is 0 Å². The molecule has 0 aromatic rings. The van der Waals surface area contributed by atoms with Crippen LogP contribution in [0.3, 0.4) is 0 Å². The second-order valence-corrected chi connectivity index (χ2v) is 3.16. The summed E-state index contributed by atoms with van der Waals surface area (Å²) in [5.74, 6) is 0. The minimum atomic E-state index is 0.506. The minimum Gasteiger partial charge on any atom is -0.405 e. The highest BCUT2D eigenvalue weighted by Crippen LogP contribution is 1.95. The SMILES string of the molecule is [B]/C(C=NCCN1CCOCC1)=C/N. The summed E-state index contributed by atoms with van der Waals surface area (Å²) in [5, 5.41) is 0. The number of nitrogens with zero attached hydrogens (tertiary/aromatic N) is 2. The van der Waals surface area contributed by atoms with Crippen molar-refractivity contribution in [2.24, 2.45) is 10.7 Å². The third kappa shape index (κ3) is 4.44. The number of nitrogens with two attached hydrogens (primary N) is 1. The molecule has 76 valence electrons. The van der Waals surface area contributed by atoms with E-state index in [1.54, 1.807) is 6.21 Å². The van der Waals surface area contributed by atoms with Crippen LogP contribution in [0.1, 0.15) is 0 Å². The Kier molecular flexibility index (Phi) is 5.33. The average Bonchev–Trinajstić information content (AvgIpc) is 2.25. The number of morpholine rings is 1. The largest absolute Gasteiger partial charge is 0.405 e. The third-order valence-corrected chi connectivity index (χ3v) is 2.08. The predicted molar refractivity (Wildman–Crippen MR) is 58.6 cm³/mol. The molecule has 2 N–H and O–H groups in total. The lowest BCUT2D eigenvalue weighted by Gasteiger charge is -2.25. The molecule has 0 unspecified atom stereocenters. The first-order chi connectivity index (χ1) is 6.83. The quantitative estimate of drug-likeness (QED) is 0.477. The number of hydrogen-bond donors (Lipinski definition) is 1. The highest BCUT2D eigenvalue weighted by molar-refractivity contribution is 6.32. The Labute approximate surface area is 86.2 Å². The van der Waals surface area contributed by atoms with Crippen molar-refractivity contribution in [2.75, 3.05) is 39.4 Å². The highest BCUT2D eigenvalue weighted by atomic mass is 16.5. The second-order valence-electron chi connectivity index (χ2n) is 3.16. The molecule has 0 spiro atoms. The number of hydrogen-bond acceptors (Lipinski definition) is 4. The van der Waals surface area contributed by atoms with E-state index >= 15 is 0 Å². The number of ether oxygens (including phenoxy) is 1. The van der Waals surface area contributed by atoms with E-state index in [0.717, 1.165) is 39.4 Å². The van der Waals surface area contributed by atoms with Gasteiger partial charge in [0.15, 0.2) is 0 Å².